The van der Waals surface area contributed by atoms with E-state index in [9.17, 15) is 4.79 Å². The third kappa shape index (κ3) is 4.12. The maximum atomic E-state index is 12.6. The van der Waals surface area contributed by atoms with Crippen molar-refractivity contribution in [2.45, 2.75) is 0 Å². The Morgan fingerprint density at radius 1 is 0.786 bits per heavy atom. The van der Waals surface area contributed by atoms with Gasteiger partial charge in [-0.3, -0.25) is 4.79 Å². The zero-order valence-electron chi connectivity index (χ0n) is 15.5. The highest BCUT2D eigenvalue weighted by Crippen LogP contribution is 2.28. The van der Waals surface area contributed by atoms with E-state index in [1.807, 2.05) is 24.3 Å². The van der Waals surface area contributed by atoms with Crippen LogP contribution >= 0.6 is 11.6 Å². The van der Waals surface area contributed by atoms with E-state index in [1.165, 1.54) is 5.69 Å². The van der Waals surface area contributed by atoms with E-state index in [4.69, 9.17) is 11.6 Å². The summed E-state index contributed by atoms with van der Waals surface area (Å²) in [4.78, 5) is 17.4. The molecule has 0 saturated carbocycles. The molecule has 1 aliphatic heterocycles. The van der Waals surface area contributed by atoms with Gasteiger partial charge in [0.2, 0.25) is 0 Å². The number of halogens is 1. The van der Waals surface area contributed by atoms with Crippen LogP contribution in [0, 0.1) is 0 Å². The molecule has 28 heavy (non-hydrogen) atoms. The number of rotatable bonds is 4. The number of nitrogens with one attached hydrogen (secondary N) is 1. The molecule has 0 unspecified atom stereocenters. The van der Waals surface area contributed by atoms with Gasteiger partial charge in [0.25, 0.3) is 5.91 Å². The van der Waals surface area contributed by atoms with Crippen LogP contribution in [0.1, 0.15) is 10.4 Å². The van der Waals surface area contributed by atoms with Crippen molar-refractivity contribution in [1.29, 1.82) is 0 Å². The van der Waals surface area contributed by atoms with Gasteiger partial charge in [-0.05, 0) is 42.5 Å². The molecular weight excluding hydrogens is 370 g/mol. The first-order valence-electron chi connectivity index (χ1n) is 9.41. The second-order valence-electron chi connectivity index (χ2n) is 6.79. The summed E-state index contributed by atoms with van der Waals surface area (Å²) in [6, 6.07) is 25.4. The summed E-state index contributed by atoms with van der Waals surface area (Å²) in [5.74, 6) is -0.155. The predicted octanol–water partition coefficient (Wildman–Crippen LogP) is 4.92. The number of amides is 1. The number of benzene rings is 3. The van der Waals surface area contributed by atoms with E-state index in [0.717, 1.165) is 37.6 Å². The summed E-state index contributed by atoms with van der Waals surface area (Å²) >= 11 is 6.02. The van der Waals surface area contributed by atoms with Crippen LogP contribution in [0.2, 0.25) is 5.02 Å². The number of piperazine rings is 1. The van der Waals surface area contributed by atoms with Crippen LogP contribution < -0.4 is 15.1 Å². The van der Waals surface area contributed by atoms with Crippen LogP contribution in [0.5, 0.6) is 0 Å². The molecule has 1 N–H and O–H groups in total. The molecule has 4 nitrogen and oxygen atoms in total. The summed E-state index contributed by atoms with van der Waals surface area (Å²) in [5.41, 5.74) is 3.67. The highest BCUT2D eigenvalue weighted by Gasteiger charge is 2.20. The Morgan fingerprint density at radius 2 is 1.46 bits per heavy atom. The number of hydrogen-bond donors (Lipinski definition) is 1. The van der Waals surface area contributed by atoms with Crippen LogP contribution in [0.3, 0.4) is 0 Å². The van der Waals surface area contributed by atoms with Crippen molar-refractivity contribution in [3.63, 3.8) is 0 Å². The molecule has 1 saturated heterocycles. The Morgan fingerprint density at radius 3 is 2.21 bits per heavy atom. The van der Waals surface area contributed by atoms with E-state index in [1.54, 1.807) is 24.3 Å². The average Bonchev–Trinajstić information content (AvgIpc) is 2.75. The van der Waals surface area contributed by atoms with Crippen LogP contribution in [0.25, 0.3) is 0 Å². The van der Waals surface area contributed by atoms with Gasteiger partial charge in [-0.2, -0.15) is 0 Å². The molecule has 0 aliphatic carbocycles. The van der Waals surface area contributed by atoms with Crippen LogP contribution in [-0.4, -0.2) is 32.1 Å². The van der Waals surface area contributed by atoms with Crippen molar-refractivity contribution in [2.75, 3.05) is 41.3 Å². The highest BCUT2D eigenvalue weighted by atomic mass is 35.5. The van der Waals surface area contributed by atoms with Gasteiger partial charge >= 0.3 is 0 Å². The van der Waals surface area contributed by atoms with E-state index in [2.05, 4.69) is 45.4 Å². The molecule has 0 atom stereocenters. The van der Waals surface area contributed by atoms with E-state index >= 15 is 0 Å². The normalized spacial score (nSPS) is 14.0. The molecule has 0 bridgehead atoms. The van der Waals surface area contributed by atoms with Crippen LogP contribution in [-0.2, 0) is 0 Å². The average molecular weight is 392 g/mol. The molecule has 1 fully saturated rings. The summed E-state index contributed by atoms with van der Waals surface area (Å²) < 4.78 is 0. The maximum absolute atomic E-state index is 12.6. The smallest absolute Gasteiger partial charge is 0.255 e. The van der Waals surface area contributed by atoms with Gasteiger partial charge < -0.3 is 15.1 Å². The second kappa shape index (κ2) is 8.36. The molecular formula is C23H22ClN3O. The van der Waals surface area contributed by atoms with Crippen molar-refractivity contribution in [2.24, 2.45) is 0 Å². The molecule has 3 aromatic carbocycles. The van der Waals surface area contributed by atoms with Gasteiger partial charge in [-0.15, -0.1) is 0 Å². The molecule has 1 aliphatic rings. The number of carbonyl (C=O) groups excluding carboxylic acids is 1. The zero-order valence-corrected chi connectivity index (χ0v) is 16.3. The van der Waals surface area contributed by atoms with Crippen molar-refractivity contribution in [1.82, 2.24) is 0 Å². The fourth-order valence-corrected chi connectivity index (χ4v) is 3.71. The summed E-state index contributed by atoms with van der Waals surface area (Å²) in [5, 5.41) is 3.60. The molecule has 3 aromatic rings. The standard InChI is InChI=1S/C23H22ClN3O/c24-19-8-6-7-18(17-19)23(28)25-21-11-4-5-12-22(21)27-15-13-26(14-16-27)20-9-2-1-3-10-20/h1-12,17H,13-16H2,(H,25,28). The SMILES string of the molecule is O=C(Nc1ccccc1N1CCN(c2ccccc2)CC1)c1cccc(Cl)c1. The Kier molecular flexibility index (Phi) is 5.49. The first-order valence-corrected chi connectivity index (χ1v) is 9.79. The lowest BCUT2D eigenvalue weighted by molar-refractivity contribution is 0.102. The van der Waals surface area contributed by atoms with Crippen LogP contribution in [0.4, 0.5) is 17.1 Å². The number of anilines is 3. The fourth-order valence-electron chi connectivity index (χ4n) is 3.52. The Balaban J connectivity index is 1.47. The van der Waals surface area contributed by atoms with Crippen LogP contribution in [0.15, 0.2) is 78.9 Å². The van der Waals surface area contributed by atoms with Crippen molar-refractivity contribution in [3.05, 3.63) is 89.4 Å². The van der Waals surface area contributed by atoms with Gasteiger partial charge in [-0.1, -0.05) is 48.0 Å². The summed E-state index contributed by atoms with van der Waals surface area (Å²) in [6.07, 6.45) is 0. The number of nitrogens with zero attached hydrogens (tertiary/aromatic N) is 2. The monoisotopic (exact) mass is 391 g/mol. The van der Waals surface area contributed by atoms with Crippen molar-refractivity contribution in [3.8, 4) is 0 Å². The summed E-state index contributed by atoms with van der Waals surface area (Å²) in [6.45, 7) is 3.69. The highest BCUT2D eigenvalue weighted by molar-refractivity contribution is 6.31. The molecule has 5 heteroatoms. The van der Waals surface area contributed by atoms with Gasteiger partial charge in [0.15, 0.2) is 0 Å². The van der Waals surface area contributed by atoms with Crippen molar-refractivity contribution < 1.29 is 4.79 Å². The Labute approximate surface area is 170 Å². The first-order chi connectivity index (χ1) is 13.7. The quantitative estimate of drug-likeness (QED) is 0.685. The topological polar surface area (TPSA) is 35.6 Å². The maximum Gasteiger partial charge on any atom is 0.255 e. The van der Waals surface area contributed by atoms with E-state index < -0.39 is 0 Å². The minimum Gasteiger partial charge on any atom is -0.368 e. The lowest BCUT2D eigenvalue weighted by Gasteiger charge is -2.38. The third-order valence-corrected chi connectivity index (χ3v) is 5.22. The van der Waals surface area contributed by atoms with E-state index in [-0.39, 0.29) is 5.91 Å². The number of carbonyl (C=O) groups is 1. The third-order valence-electron chi connectivity index (χ3n) is 4.98. The lowest BCUT2D eigenvalue weighted by Crippen LogP contribution is -2.46. The van der Waals surface area contributed by atoms with E-state index in [0.29, 0.717) is 10.6 Å². The predicted molar refractivity (Wildman–Crippen MR) is 117 cm³/mol. The van der Waals surface area contributed by atoms with Gasteiger partial charge in [0, 0.05) is 42.5 Å². The first kappa shape index (κ1) is 18.4. The molecule has 142 valence electrons. The molecule has 1 heterocycles. The van der Waals surface area contributed by atoms with Gasteiger partial charge in [0.05, 0.1) is 11.4 Å². The minimum atomic E-state index is -0.155. The Hall–Kier alpha value is -2.98. The lowest BCUT2D eigenvalue weighted by atomic mass is 10.1. The van der Waals surface area contributed by atoms with Gasteiger partial charge in [0.1, 0.15) is 0 Å². The largest absolute Gasteiger partial charge is 0.368 e. The fraction of sp³-hybridized carbons (Fsp3) is 0.174. The molecule has 4 rings (SSSR count). The molecule has 0 aromatic heterocycles. The van der Waals surface area contributed by atoms with Gasteiger partial charge in [-0.25, -0.2) is 0 Å². The number of hydrogen-bond acceptors (Lipinski definition) is 3. The molecule has 1 amide bonds. The number of para-hydroxylation sites is 3. The Bertz CT molecular complexity index is 953. The zero-order chi connectivity index (χ0) is 19.3. The summed E-state index contributed by atoms with van der Waals surface area (Å²) in [7, 11) is 0. The minimum absolute atomic E-state index is 0.155. The van der Waals surface area contributed by atoms with Crippen molar-refractivity contribution >= 4 is 34.6 Å². The molecule has 0 radical (unpaired) electrons. The molecule has 0 spiro atoms. The second-order valence-corrected chi connectivity index (χ2v) is 7.23.